The Hall–Kier alpha value is -3.52. The smallest absolute Gasteiger partial charge is 0.261 e. The summed E-state index contributed by atoms with van der Waals surface area (Å²) in [7, 11) is 0. The number of amides is 1. The second-order valence-corrected chi connectivity index (χ2v) is 5.68. The number of nitriles is 1. The molecule has 0 aliphatic carbocycles. The zero-order valence-corrected chi connectivity index (χ0v) is 14.2. The summed E-state index contributed by atoms with van der Waals surface area (Å²) in [5.41, 5.74) is 1.75. The van der Waals surface area contributed by atoms with E-state index in [4.69, 9.17) is 5.26 Å². The Balaban J connectivity index is 1.86. The number of carbonyl (C=O) groups is 1. The van der Waals surface area contributed by atoms with Crippen molar-refractivity contribution in [3.05, 3.63) is 77.4 Å². The molecule has 2 rings (SSSR count). The molecule has 0 atom stereocenters. The predicted molar refractivity (Wildman–Crippen MR) is 100 cm³/mol. The molecule has 0 spiro atoms. The maximum Gasteiger partial charge on any atom is 0.261 e. The van der Waals surface area contributed by atoms with Gasteiger partial charge in [-0.15, -0.1) is 0 Å². The van der Waals surface area contributed by atoms with Crippen molar-refractivity contribution < 1.29 is 15.0 Å². The molecule has 0 aliphatic rings. The van der Waals surface area contributed by atoms with E-state index in [0.717, 1.165) is 12.8 Å². The Morgan fingerprint density at radius 2 is 1.81 bits per heavy atom. The van der Waals surface area contributed by atoms with Gasteiger partial charge >= 0.3 is 0 Å². The van der Waals surface area contributed by atoms with Crippen molar-refractivity contribution in [1.29, 1.82) is 5.26 Å². The molecule has 0 saturated carbocycles. The van der Waals surface area contributed by atoms with Crippen molar-refractivity contribution in [1.82, 2.24) is 5.32 Å². The molecule has 0 unspecified atom stereocenters. The first-order valence-electron chi connectivity index (χ1n) is 8.22. The van der Waals surface area contributed by atoms with Crippen molar-refractivity contribution in [2.45, 2.75) is 12.8 Å². The second kappa shape index (κ2) is 9.70. The number of phenols is 2. The van der Waals surface area contributed by atoms with Gasteiger partial charge in [0.05, 0.1) is 0 Å². The highest BCUT2D eigenvalue weighted by molar-refractivity contribution is 5.97. The van der Waals surface area contributed by atoms with Gasteiger partial charge in [0, 0.05) is 12.6 Å². The lowest BCUT2D eigenvalue weighted by Crippen LogP contribution is -2.25. The van der Waals surface area contributed by atoms with Gasteiger partial charge in [-0.3, -0.25) is 4.79 Å². The Kier molecular flexibility index (Phi) is 7.02. The number of hydrogen-bond acceptors (Lipinski definition) is 4. The maximum atomic E-state index is 12.0. The van der Waals surface area contributed by atoms with Gasteiger partial charge in [0.1, 0.15) is 23.1 Å². The highest BCUT2D eigenvalue weighted by Gasteiger charge is 2.06. The summed E-state index contributed by atoms with van der Waals surface area (Å²) in [5.74, 6) is -0.556. The van der Waals surface area contributed by atoms with Crippen LogP contribution in [0.5, 0.6) is 11.5 Å². The van der Waals surface area contributed by atoms with Crippen LogP contribution in [0.3, 0.4) is 0 Å². The molecule has 0 bridgehead atoms. The molecule has 0 fully saturated rings. The fraction of sp³-hybridized carbons (Fsp3) is 0.143. The minimum absolute atomic E-state index is 0.00895. The van der Waals surface area contributed by atoms with Gasteiger partial charge in [0.2, 0.25) is 0 Å². The predicted octanol–water partition coefficient (Wildman–Crippen LogP) is 3.31. The van der Waals surface area contributed by atoms with E-state index in [1.807, 2.05) is 36.4 Å². The summed E-state index contributed by atoms with van der Waals surface area (Å²) < 4.78 is 0. The Morgan fingerprint density at radius 1 is 1.12 bits per heavy atom. The molecule has 5 heteroatoms. The minimum atomic E-state index is -0.427. The molecule has 132 valence electrons. The van der Waals surface area contributed by atoms with Crippen molar-refractivity contribution in [2.24, 2.45) is 0 Å². The third-order valence-electron chi connectivity index (χ3n) is 3.61. The quantitative estimate of drug-likeness (QED) is 0.310. The molecule has 2 aromatic carbocycles. The SMILES string of the molecule is N#C/C(=C\C=C\c1cc(O)cc(O)c1)C(=O)NCCCc1ccccc1. The average Bonchev–Trinajstić information content (AvgIpc) is 2.62. The standard InChI is InChI=1S/C21H20N2O3/c22-15-18(10-4-8-17-12-19(24)14-20(25)13-17)21(26)23-11-5-9-16-6-2-1-3-7-16/h1-4,6-8,10,12-14,24-25H,5,9,11H2,(H,23,26)/b8-4+,18-10+. The van der Waals surface area contributed by atoms with Crippen LogP contribution in [0.25, 0.3) is 6.08 Å². The highest BCUT2D eigenvalue weighted by Crippen LogP contribution is 2.21. The molecular weight excluding hydrogens is 328 g/mol. The van der Waals surface area contributed by atoms with E-state index in [1.165, 1.54) is 35.9 Å². The number of phenolic OH excluding ortho intramolecular Hbond substituents is 2. The first-order chi connectivity index (χ1) is 12.6. The molecular formula is C21H20N2O3. The lowest BCUT2D eigenvalue weighted by Gasteiger charge is -2.04. The van der Waals surface area contributed by atoms with E-state index in [0.29, 0.717) is 12.1 Å². The van der Waals surface area contributed by atoms with Crippen LogP contribution in [0.1, 0.15) is 17.5 Å². The van der Waals surface area contributed by atoms with Crippen LogP contribution in [-0.2, 0) is 11.2 Å². The van der Waals surface area contributed by atoms with Gasteiger partial charge in [-0.25, -0.2) is 0 Å². The van der Waals surface area contributed by atoms with Crippen molar-refractivity contribution >= 4 is 12.0 Å². The zero-order chi connectivity index (χ0) is 18.8. The zero-order valence-electron chi connectivity index (χ0n) is 14.2. The van der Waals surface area contributed by atoms with Gasteiger partial charge in [-0.2, -0.15) is 5.26 Å². The summed E-state index contributed by atoms with van der Waals surface area (Å²) in [6.45, 7) is 0.483. The number of carbonyl (C=O) groups excluding carboxylic acids is 1. The van der Waals surface area contributed by atoms with Crippen LogP contribution >= 0.6 is 0 Å². The van der Waals surface area contributed by atoms with E-state index in [9.17, 15) is 15.0 Å². The average molecular weight is 348 g/mol. The number of benzene rings is 2. The first-order valence-corrected chi connectivity index (χ1v) is 8.22. The van der Waals surface area contributed by atoms with E-state index >= 15 is 0 Å². The second-order valence-electron chi connectivity index (χ2n) is 5.68. The molecule has 2 aromatic rings. The lowest BCUT2D eigenvalue weighted by atomic mass is 10.1. The molecule has 26 heavy (non-hydrogen) atoms. The fourth-order valence-electron chi connectivity index (χ4n) is 2.37. The van der Waals surface area contributed by atoms with Crippen LogP contribution in [0.4, 0.5) is 0 Å². The summed E-state index contributed by atoms with van der Waals surface area (Å²) in [4.78, 5) is 12.0. The molecule has 0 saturated heterocycles. The molecule has 3 N–H and O–H groups in total. The highest BCUT2D eigenvalue weighted by atomic mass is 16.3. The minimum Gasteiger partial charge on any atom is -0.508 e. The number of aromatic hydroxyl groups is 2. The molecule has 5 nitrogen and oxygen atoms in total. The summed E-state index contributed by atoms with van der Waals surface area (Å²) in [6.07, 6.45) is 6.14. The van der Waals surface area contributed by atoms with E-state index < -0.39 is 5.91 Å². The Labute approximate surface area is 152 Å². The van der Waals surface area contributed by atoms with Gasteiger partial charge in [-0.05, 0) is 42.2 Å². The van der Waals surface area contributed by atoms with E-state index in [2.05, 4.69) is 5.32 Å². The molecule has 0 aliphatic heterocycles. The van der Waals surface area contributed by atoms with Gasteiger partial charge in [-0.1, -0.05) is 42.5 Å². The lowest BCUT2D eigenvalue weighted by molar-refractivity contribution is -0.117. The molecule has 1 amide bonds. The Bertz CT molecular complexity index is 829. The van der Waals surface area contributed by atoms with E-state index in [-0.39, 0.29) is 17.1 Å². The van der Waals surface area contributed by atoms with Crippen molar-refractivity contribution in [3.8, 4) is 17.6 Å². The Morgan fingerprint density at radius 3 is 2.46 bits per heavy atom. The third-order valence-corrected chi connectivity index (χ3v) is 3.61. The number of aryl methyl sites for hydroxylation is 1. The van der Waals surface area contributed by atoms with E-state index in [1.54, 1.807) is 6.08 Å². The monoisotopic (exact) mass is 348 g/mol. The van der Waals surface area contributed by atoms with Gasteiger partial charge in [0.25, 0.3) is 5.91 Å². The number of rotatable bonds is 7. The van der Waals surface area contributed by atoms with Crippen molar-refractivity contribution in [3.63, 3.8) is 0 Å². The third kappa shape index (κ3) is 6.17. The van der Waals surface area contributed by atoms with Crippen molar-refractivity contribution in [2.75, 3.05) is 6.54 Å². The van der Waals surface area contributed by atoms with Crippen LogP contribution in [0.2, 0.25) is 0 Å². The van der Waals surface area contributed by atoms with Crippen LogP contribution in [0.15, 0.2) is 66.3 Å². The van der Waals surface area contributed by atoms with Gasteiger partial charge < -0.3 is 15.5 Å². The fourth-order valence-corrected chi connectivity index (χ4v) is 2.37. The largest absolute Gasteiger partial charge is 0.508 e. The number of nitrogens with one attached hydrogen (secondary N) is 1. The first kappa shape index (κ1) is 18.8. The van der Waals surface area contributed by atoms with Crippen LogP contribution in [-0.4, -0.2) is 22.7 Å². The van der Waals surface area contributed by atoms with Gasteiger partial charge in [0.15, 0.2) is 0 Å². The number of allylic oxidation sites excluding steroid dienone is 2. The topological polar surface area (TPSA) is 93.3 Å². The van der Waals surface area contributed by atoms with Crippen LogP contribution in [0, 0.1) is 11.3 Å². The summed E-state index contributed by atoms with van der Waals surface area (Å²) in [5, 5.41) is 30.7. The summed E-state index contributed by atoms with van der Waals surface area (Å²) >= 11 is 0. The molecule has 0 heterocycles. The normalized spacial score (nSPS) is 11.3. The molecule has 0 radical (unpaired) electrons. The summed E-state index contributed by atoms with van der Waals surface area (Å²) in [6, 6.07) is 16.0. The number of hydrogen-bond donors (Lipinski definition) is 3. The van der Waals surface area contributed by atoms with Crippen LogP contribution < -0.4 is 5.32 Å². The maximum absolute atomic E-state index is 12.0. The number of nitrogens with zero attached hydrogens (tertiary/aromatic N) is 1. The molecule has 0 aromatic heterocycles.